The number of hydrogen-bond acceptors (Lipinski definition) is 6. The molecule has 0 radical (unpaired) electrons. The third kappa shape index (κ3) is 3.65. The Bertz CT molecular complexity index is 504. The van der Waals surface area contributed by atoms with Gasteiger partial charge in [0, 0.05) is 6.54 Å². The van der Waals surface area contributed by atoms with Crippen LogP contribution < -0.4 is 5.73 Å². The Morgan fingerprint density at radius 1 is 1.42 bits per heavy atom. The van der Waals surface area contributed by atoms with Crippen molar-refractivity contribution in [3.63, 3.8) is 0 Å². The van der Waals surface area contributed by atoms with Gasteiger partial charge in [0.05, 0.1) is 12.8 Å². The average molecular weight is 264 g/mol. The van der Waals surface area contributed by atoms with Crippen LogP contribution in [-0.4, -0.2) is 35.2 Å². The molecule has 0 amide bonds. The Kier molecular flexibility index (Phi) is 4.01. The second-order valence-corrected chi connectivity index (χ2v) is 5.53. The smallest absolute Gasteiger partial charge is 0.293 e. The monoisotopic (exact) mass is 264 g/mol. The van der Waals surface area contributed by atoms with Crippen molar-refractivity contribution < 1.29 is 8.94 Å². The first-order chi connectivity index (χ1) is 9.00. The summed E-state index contributed by atoms with van der Waals surface area (Å²) in [6, 6.07) is 3.58. The summed E-state index contributed by atoms with van der Waals surface area (Å²) in [5.41, 5.74) is 5.80. The molecule has 0 saturated carbocycles. The van der Waals surface area contributed by atoms with Crippen LogP contribution in [-0.2, 0) is 6.54 Å². The van der Waals surface area contributed by atoms with E-state index in [-0.39, 0.29) is 5.41 Å². The van der Waals surface area contributed by atoms with Crippen LogP contribution in [0.3, 0.4) is 0 Å². The summed E-state index contributed by atoms with van der Waals surface area (Å²) in [5, 5.41) is 3.95. The number of nitrogens with two attached hydrogens (primary N) is 1. The fourth-order valence-electron chi connectivity index (χ4n) is 1.91. The second-order valence-electron chi connectivity index (χ2n) is 5.53. The van der Waals surface area contributed by atoms with E-state index in [1.807, 2.05) is 7.05 Å². The van der Waals surface area contributed by atoms with E-state index in [4.69, 9.17) is 14.7 Å². The van der Waals surface area contributed by atoms with Crippen LogP contribution in [0.15, 0.2) is 27.3 Å². The van der Waals surface area contributed by atoms with Crippen molar-refractivity contribution in [2.45, 2.75) is 20.4 Å². The molecule has 0 atom stereocenters. The highest BCUT2D eigenvalue weighted by Crippen LogP contribution is 2.18. The second kappa shape index (κ2) is 5.54. The summed E-state index contributed by atoms with van der Waals surface area (Å²) in [6.07, 6.45) is 1.58. The normalized spacial score (nSPS) is 12.3. The van der Waals surface area contributed by atoms with Crippen LogP contribution >= 0.6 is 0 Å². The first-order valence-corrected chi connectivity index (χ1v) is 6.25. The molecule has 19 heavy (non-hydrogen) atoms. The number of nitrogens with zero attached hydrogens (tertiary/aromatic N) is 3. The first kappa shape index (κ1) is 13.8. The molecule has 0 aliphatic rings. The van der Waals surface area contributed by atoms with Gasteiger partial charge in [0.15, 0.2) is 11.6 Å². The highest BCUT2D eigenvalue weighted by atomic mass is 16.5. The molecule has 0 spiro atoms. The maximum Gasteiger partial charge on any atom is 0.293 e. The zero-order valence-corrected chi connectivity index (χ0v) is 11.6. The first-order valence-electron chi connectivity index (χ1n) is 6.25. The van der Waals surface area contributed by atoms with Crippen LogP contribution in [0.4, 0.5) is 0 Å². The van der Waals surface area contributed by atoms with Gasteiger partial charge in [0.1, 0.15) is 0 Å². The van der Waals surface area contributed by atoms with Gasteiger partial charge in [0.25, 0.3) is 5.89 Å². The Morgan fingerprint density at radius 3 is 2.84 bits per heavy atom. The van der Waals surface area contributed by atoms with Gasteiger partial charge in [-0.15, -0.1) is 0 Å². The standard InChI is InChI=1S/C13H20N4O2/c1-13(2,8-14)9-17(3)7-11-15-12(19-16-11)10-5-4-6-18-10/h4-6H,7-9,14H2,1-3H3. The summed E-state index contributed by atoms with van der Waals surface area (Å²) >= 11 is 0. The van der Waals surface area contributed by atoms with Crippen molar-refractivity contribution in [1.29, 1.82) is 0 Å². The van der Waals surface area contributed by atoms with Gasteiger partial charge in [-0.05, 0) is 31.1 Å². The van der Waals surface area contributed by atoms with Gasteiger partial charge in [-0.3, -0.25) is 4.90 Å². The van der Waals surface area contributed by atoms with E-state index in [1.165, 1.54) is 0 Å². The van der Waals surface area contributed by atoms with Crippen LogP contribution in [0.25, 0.3) is 11.7 Å². The Hall–Kier alpha value is -1.66. The molecule has 2 aromatic rings. The molecule has 104 valence electrons. The zero-order valence-electron chi connectivity index (χ0n) is 11.6. The molecule has 6 nitrogen and oxygen atoms in total. The molecule has 0 aliphatic carbocycles. The van der Waals surface area contributed by atoms with E-state index >= 15 is 0 Å². The molecule has 0 bridgehead atoms. The average Bonchev–Trinajstić information content (AvgIpc) is 2.97. The van der Waals surface area contributed by atoms with E-state index in [2.05, 4.69) is 28.9 Å². The molecule has 2 N–H and O–H groups in total. The Balaban J connectivity index is 1.97. The van der Waals surface area contributed by atoms with E-state index in [0.29, 0.717) is 30.6 Å². The van der Waals surface area contributed by atoms with Crippen molar-refractivity contribution in [2.75, 3.05) is 20.1 Å². The predicted octanol–water partition coefficient (Wildman–Crippen LogP) is 1.75. The largest absolute Gasteiger partial charge is 0.459 e. The van der Waals surface area contributed by atoms with Gasteiger partial charge < -0.3 is 14.7 Å². The minimum Gasteiger partial charge on any atom is -0.459 e. The van der Waals surface area contributed by atoms with Crippen LogP contribution in [0, 0.1) is 5.41 Å². The minimum atomic E-state index is 0.0718. The van der Waals surface area contributed by atoms with Gasteiger partial charge >= 0.3 is 0 Å². The minimum absolute atomic E-state index is 0.0718. The summed E-state index contributed by atoms with van der Waals surface area (Å²) in [4.78, 5) is 6.43. The van der Waals surface area contributed by atoms with Crippen LogP contribution in [0.5, 0.6) is 0 Å². The van der Waals surface area contributed by atoms with Gasteiger partial charge in [-0.1, -0.05) is 19.0 Å². The molecule has 0 fully saturated rings. The third-order valence-electron chi connectivity index (χ3n) is 2.86. The van der Waals surface area contributed by atoms with Crippen molar-refractivity contribution in [1.82, 2.24) is 15.0 Å². The van der Waals surface area contributed by atoms with E-state index in [9.17, 15) is 0 Å². The van der Waals surface area contributed by atoms with E-state index < -0.39 is 0 Å². The molecule has 0 saturated heterocycles. The molecule has 6 heteroatoms. The molecule has 2 aromatic heterocycles. The number of furan rings is 1. The van der Waals surface area contributed by atoms with Crippen molar-refractivity contribution in [3.05, 3.63) is 24.2 Å². The number of aromatic nitrogens is 2. The lowest BCUT2D eigenvalue weighted by molar-refractivity contribution is 0.204. The highest BCUT2D eigenvalue weighted by molar-refractivity contribution is 5.42. The fraction of sp³-hybridized carbons (Fsp3) is 0.538. The molecule has 0 aromatic carbocycles. The molecule has 0 aliphatic heterocycles. The zero-order chi connectivity index (χ0) is 13.9. The number of hydrogen-bond donors (Lipinski definition) is 1. The lowest BCUT2D eigenvalue weighted by Crippen LogP contribution is -2.36. The van der Waals surface area contributed by atoms with Crippen LogP contribution in [0.1, 0.15) is 19.7 Å². The topological polar surface area (TPSA) is 81.3 Å². The van der Waals surface area contributed by atoms with Crippen molar-refractivity contribution >= 4 is 0 Å². The Morgan fingerprint density at radius 2 is 2.21 bits per heavy atom. The van der Waals surface area contributed by atoms with Crippen molar-refractivity contribution in [3.8, 4) is 11.7 Å². The molecule has 2 heterocycles. The summed E-state index contributed by atoms with van der Waals surface area (Å²) in [6.45, 7) is 6.39. The summed E-state index contributed by atoms with van der Waals surface area (Å²) in [7, 11) is 2.01. The Labute approximate surface area is 112 Å². The van der Waals surface area contributed by atoms with Crippen molar-refractivity contribution in [2.24, 2.45) is 11.1 Å². The molecule has 2 rings (SSSR count). The van der Waals surface area contributed by atoms with Crippen LogP contribution in [0.2, 0.25) is 0 Å². The SMILES string of the molecule is CN(Cc1noc(-c2ccco2)n1)CC(C)(C)CN. The lowest BCUT2D eigenvalue weighted by atomic mass is 9.93. The van der Waals surface area contributed by atoms with E-state index in [1.54, 1.807) is 18.4 Å². The summed E-state index contributed by atoms with van der Waals surface area (Å²) in [5.74, 6) is 1.64. The fourth-order valence-corrected chi connectivity index (χ4v) is 1.91. The third-order valence-corrected chi connectivity index (χ3v) is 2.86. The predicted molar refractivity (Wildman–Crippen MR) is 71.2 cm³/mol. The summed E-state index contributed by atoms with van der Waals surface area (Å²) < 4.78 is 10.4. The number of rotatable bonds is 6. The maximum atomic E-state index is 5.73. The molecule has 0 unspecified atom stereocenters. The molecular weight excluding hydrogens is 244 g/mol. The molecular formula is C13H20N4O2. The lowest BCUT2D eigenvalue weighted by Gasteiger charge is -2.28. The maximum absolute atomic E-state index is 5.73. The van der Waals surface area contributed by atoms with E-state index in [0.717, 1.165) is 6.54 Å². The van der Waals surface area contributed by atoms with Gasteiger partial charge in [0.2, 0.25) is 0 Å². The highest BCUT2D eigenvalue weighted by Gasteiger charge is 2.19. The van der Waals surface area contributed by atoms with Gasteiger partial charge in [-0.25, -0.2) is 0 Å². The van der Waals surface area contributed by atoms with Gasteiger partial charge in [-0.2, -0.15) is 4.98 Å². The quantitative estimate of drug-likeness (QED) is 0.856.